The standard InChI is InChI=1S/C13H21N3O/c1-4-15-10(2)9-13(17)16-11(3)12-5-7-14-8-6-12/h5-8,10-11,15H,4,9H2,1-3H3,(H,16,17)/t10?,11-/m1/s1. The van der Waals surface area contributed by atoms with Crippen molar-refractivity contribution in [3.05, 3.63) is 30.1 Å². The average molecular weight is 235 g/mol. The zero-order valence-electron chi connectivity index (χ0n) is 10.7. The van der Waals surface area contributed by atoms with Crippen molar-refractivity contribution in [2.24, 2.45) is 0 Å². The highest BCUT2D eigenvalue weighted by molar-refractivity contribution is 5.77. The number of nitrogens with zero attached hydrogens (tertiary/aromatic N) is 1. The lowest BCUT2D eigenvalue weighted by atomic mass is 10.1. The quantitative estimate of drug-likeness (QED) is 0.788. The lowest BCUT2D eigenvalue weighted by Crippen LogP contribution is -2.34. The van der Waals surface area contributed by atoms with E-state index in [1.807, 2.05) is 32.9 Å². The van der Waals surface area contributed by atoms with E-state index in [1.54, 1.807) is 12.4 Å². The van der Waals surface area contributed by atoms with Gasteiger partial charge in [0, 0.05) is 24.9 Å². The van der Waals surface area contributed by atoms with Crippen molar-refractivity contribution in [1.82, 2.24) is 15.6 Å². The first-order valence-corrected chi connectivity index (χ1v) is 6.06. The molecule has 4 heteroatoms. The zero-order chi connectivity index (χ0) is 12.7. The second-order valence-electron chi connectivity index (χ2n) is 4.23. The van der Waals surface area contributed by atoms with Gasteiger partial charge in [-0.25, -0.2) is 0 Å². The monoisotopic (exact) mass is 235 g/mol. The van der Waals surface area contributed by atoms with Crippen molar-refractivity contribution in [3.8, 4) is 0 Å². The van der Waals surface area contributed by atoms with Gasteiger partial charge in [0.25, 0.3) is 0 Å². The summed E-state index contributed by atoms with van der Waals surface area (Å²) in [7, 11) is 0. The maximum atomic E-state index is 11.7. The SMILES string of the molecule is CCNC(C)CC(=O)N[C@H](C)c1ccncc1. The van der Waals surface area contributed by atoms with Crippen LogP contribution in [0.15, 0.2) is 24.5 Å². The highest BCUT2D eigenvalue weighted by atomic mass is 16.1. The first-order valence-electron chi connectivity index (χ1n) is 6.06. The number of amides is 1. The van der Waals surface area contributed by atoms with Gasteiger partial charge < -0.3 is 10.6 Å². The molecule has 1 rings (SSSR count). The van der Waals surface area contributed by atoms with E-state index in [0.29, 0.717) is 6.42 Å². The molecule has 0 fully saturated rings. The predicted molar refractivity (Wildman–Crippen MR) is 68.6 cm³/mol. The molecule has 0 radical (unpaired) electrons. The predicted octanol–water partition coefficient (Wildman–Crippen LogP) is 1.65. The molecule has 1 heterocycles. The first-order chi connectivity index (χ1) is 8.13. The Bertz CT molecular complexity index is 340. The van der Waals surface area contributed by atoms with Crippen molar-refractivity contribution < 1.29 is 4.79 Å². The van der Waals surface area contributed by atoms with Crippen LogP contribution in [0.5, 0.6) is 0 Å². The zero-order valence-corrected chi connectivity index (χ0v) is 10.7. The molecule has 0 saturated carbocycles. The van der Waals surface area contributed by atoms with Crippen LogP contribution >= 0.6 is 0 Å². The number of carbonyl (C=O) groups excluding carboxylic acids is 1. The van der Waals surface area contributed by atoms with Crippen molar-refractivity contribution in [2.45, 2.75) is 39.3 Å². The van der Waals surface area contributed by atoms with Gasteiger partial charge in [0.15, 0.2) is 0 Å². The molecule has 17 heavy (non-hydrogen) atoms. The highest BCUT2D eigenvalue weighted by Crippen LogP contribution is 2.10. The summed E-state index contributed by atoms with van der Waals surface area (Å²) in [6, 6.07) is 4.07. The molecule has 4 nitrogen and oxygen atoms in total. The van der Waals surface area contributed by atoms with Crippen LogP contribution in [0.4, 0.5) is 0 Å². The molecule has 1 aromatic rings. The van der Waals surface area contributed by atoms with E-state index in [0.717, 1.165) is 12.1 Å². The molecule has 94 valence electrons. The summed E-state index contributed by atoms with van der Waals surface area (Å²) in [6.07, 6.45) is 3.97. The molecule has 2 N–H and O–H groups in total. The number of carbonyl (C=O) groups is 1. The van der Waals surface area contributed by atoms with E-state index in [2.05, 4.69) is 15.6 Å². The average Bonchev–Trinajstić information content (AvgIpc) is 2.30. The van der Waals surface area contributed by atoms with Gasteiger partial charge in [0.05, 0.1) is 6.04 Å². The largest absolute Gasteiger partial charge is 0.350 e. The summed E-state index contributed by atoms with van der Waals surface area (Å²) >= 11 is 0. The summed E-state index contributed by atoms with van der Waals surface area (Å²) in [5, 5.41) is 6.20. The smallest absolute Gasteiger partial charge is 0.222 e. The summed E-state index contributed by atoms with van der Waals surface area (Å²) in [5.74, 6) is 0.0720. The van der Waals surface area contributed by atoms with Gasteiger partial charge in [-0.1, -0.05) is 6.92 Å². The van der Waals surface area contributed by atoms with Crippen LogP contribution < -0.4 is 10.6 Å². The molecule has 1 amide bonds. The Kier molecular flexibility index (Phi) is 5.63. The van der Waals surface area contributed by atoms with Gasteiger partial charge in [-0.3, -0.25) is 9.78 Å². The van der Waals surface area contributed by atoms with Crippen molar-refractivity contribution in [3.63, 3.8) is 0 Å². The Morgan fingerprint density at radius 3 is 2.59 bits per heavy atom. The number of rotatable bonds is 6. The number of hydrogen-bond acceptors (Lipinski definition) is 3. The molecular weight excluding hydrogens is 214 g/mol. The lowest BCUT2D eigenvalue weighted by Gasteiger charge is -2.16. The highest BCUT2D eigenvalue weighted by Gasteiger charge is 2.11. The van der Waals surface area contributed by atoms with E-state index >= 15 is 0 Å². The normalized spacial score (nSPS) is 14.1. The Morgan fingerprint density at radius 2 is 2.00 bits per heavy atom. The van der Waals surface area contributed by atoms with E-state index in [-0.39, 0.29) is 18.0 Å². The second-order valence-corrected chi connectivity index (χ2v) is 4.23. The minimum absolute atomic E-state index is 0.0272. The van der Waals surface area contributed by atoms with Crippen molar-refractivity contribution in [1.29, 1.82) is 0 Å². The summed E-state index contributed by atoms with van der Waals surface area (Å²) in [4.78, 5) is 15.7. The van der Waals surface area contributed by atoms with Crippen LogP contribution in [0.3, 0.4) is 0 Å². The Morgan fingerprint density at radius 1 is 1.35 bits per heavy atom. The Labute approximate surface area is 103 Å². The van der Waals surface area contributed by atoms with E-state index in [4.69, 9.17) is 0 Å². The molecule has 1 unspecified atom stereocenters. The fourth-order valence-corrected chi connectivity index (χ4v) is 1.73. The molecular formula is C13H21N3O. The molecule has 0 spiro atoms. The summed E-state index contributed by atoms with van der Waals surface area (Å²) in [5.41, 5.74) is 1.07. The number of hydrogen-bond donors (Lipinski definition) is 2. The molecule has 0 aliphatic heterocycles. The van der Waals surface area contributed by atoms with Gasteiger partial charge in [0.2, 0.25) is 5.91 Å². The number of aromatic nitrogens is 1. The van der Waals surface area contributed by atoms with Crippen molar-refractivity contribution >= 4 is 5.91 Å². The van der Waals surface area contributed by atoms with Crippen LogP contribution in [-0.2, 0) is 4.79 Å². The Balaban J connectivity index is 2.41. The molecule has 2 atom stereocenters. The molecule has 0 bridgehead atoms. The minimum Gasteiger partial charge on any atom is -0.350 e. The molecule has 0 aromatic carbocycles. The molecule has 0 aliphatic carbocycles. The van der Waals surface area contributed by atoms with Crippen LogP contribution in [-0.4, -0.2) is 23.5 Å². The van der Waals surface area contributed by atoms with Crippen LogP contribution in [0.2, 0.25) is 0 Å². The Hall–Kier alpha value is -1.42. The van der Waals surface area contributed by atoms with Gasteiger partial charge in [-0.15, -0.1) is 0 Å². The van der Waals surface area contributed by atoms with Gasteiger partial charge >= 0.3 is 0 Å². The topological polar surface area (TPSA) is 54.0 Å². The van der Waals surface area contributed by atoms with E-state index < -0.39 is 0 Å². The third kappa shape index (κ3) is 4.95. The lowest BCUT2D eigenvalue weighted by molar-refractivity contribution is -0.122. The number of pyridine rings is 1. The number of nitrogens with one attached hydrogen (secondary N) is 2. The molecule has 0 saturated heterocycles. The third-order valence-electron chi connectivity index (χ3n) is 2.63. The van der Waals surface area contributed by atoms with Gasteiger partial charge in [0.1, 0.15) is 0 Å². The van der Waals surface area contributed by atoms with Crippen LogP contribution in [0.25, 0.3) is 0 Å². The van der Waals surface area contributed by atoms with E-state index in [1.165, 1.54) is 0 Å². The first kappa shape index (κ1) is 13.6. The second kappa shape index (κ2) is 7.01. The van der Waals surface area contributed by atoms with E-state index in [9.17, 15) is 4.79 Å². The van der Waals surface area contributed by atoms with Gasteiger partial charge in [-0.2, -0.15) is 0 Å². The molecule has 0 aliphatic rings. The molecule has 1 aromatic heterocycles. The van der Waals surface area contributed by atoms with Crippen LogP contribution in [0, 0.1) is 0 Å². The summed E-state index contributed by atoms with van der Waals surface area (Å²) < 4.78 is 0. The fraction of sp³-hybridized carbons (Fsp3) is 0.538. The summed E-state index contributed by atoms with van der Waals surface area (Å²) in [6.45, 7) is 6.91. The van der Waals surface area contributed by atoms with Crippen molar-refractivity contribution in [2.75, 3.05) is 6.54 Å². The third-order valence-corrected chi connectivity index (χ3v) is 2.63. The van der Waals surface area contributed by atoms with Gasteiger partial charge in [-0.05, 0) is 38.1 Å². The minimum atomic E-state index is 0.0272. The maximum absolute atomic E-state index is 11.7. The fourth-order valence-electron chi connectivity index (χ4n) is 1.73. The van der Waals surface area contributed by atoms with Crippen LogP contribution in [0.1, 0.15) is 38.8 Å². The maximum Gasteiger partial charge on any atom is 0.222 e.